The molecule has 1 N–H and O–H groups in total. The highest BCUT2D eigenvalue weighted by Crippen LogP contribution is 2.34. The molecule has 0 saturated carbocycles. The van der Waals surface area contributed by atoms with E-state index in [0.29, 0.717) is 34.0 Å². The van der Waals surface area contributed by atoms with Gasteiger partial charge in [-0.15, -0.1) is 0 Å². The Kier molecular flexibility index (Phi) is 6.53. The van der Waals surface area contributed by atoms with Gasteiger partial charge >= 0.3 is 0 Å². The summed E-state index contributed by atoms with van der Waals surface area (Å²) in [6.07, 6.45) is 4.01. The summed E-state index contributed by atoms with van der Waals surface area (Å²) in [7, 11) is 1.83. The summed E-state index contributed by atoms with van der Waals surface area (Å²) in [5.41, 5.74) is 2.36. The molecule has 1 saturated heterocycles. The van der Waals surface area contributed by atoms with Crippen LogP contribution in [0.15, 0.2) is 41.3 Å². The number of likely N-dealkylation sites (tertiary alicyclic amines) is 1. The van der Waals surface area contributed by atoms with Gasteiger partial charge in [0.05, 0.1) is 10.9 Å². The molecule has 32 heavy (non-hydrogen) atoms. The van der Waals surface area contributed by atoms with Crippen LogP contribution in [0.25, 0.3) is 10.9 Å². The molecule has 1 aliphatic heterocycles. The molecular formula is C25H28ClN3O3. The molecule has 0 aliphatic carbocycles. The van der Waals surface area contributed by atoms with Gasteiger partial charge in [-0.05, 0) is 81.2 Å². The van der Waals surface area contributed by atoms with E-state index in [9.17, 15) is 9.59 Å². The van der Waals surface area contributed by atoms with E-state index in [4.69, 9.17) is 16.3 Å². The van der Waals surface area contributed by atoms with Crippen LogP contribution in [-0.2, 0) is 7.05 Å². The predicted octanol–water partition coefficient (Wildman–Crippen LogP) is 4.43. The van der Waals surface area contributed by atoms with Crippen LogP contribution in [0, 0.1) is 13.8 Å². The minimum atomic E-state index is -0.343. The SMILES string of the molecule is Cc1cc2c(=O)c(C(=O)NCCN3CCCC3)cn(C)c2c(Oc2ccc(Cl)cc2)c1C. The van der Waals surface area contributed by atoms with E-state index >= 15 is 0 Å². The van der Waals surface area contributed by atoms with Crippen LogP contribution >= 0.6 is 11.6 Å². The Balaban J connectivity index is 1.68. The summed E-state index contributed by atoms with van der Waals surface area (Å²) in [5, 5.41) is 3.99. The number of ether oxygens (including phenoxy) is 1. The van der Waals surface area contributed by atoms with Crippen LogP contribution in [-0.4, -0.2) is 41.6 Å². The molecule has 0 radical (unpaired) electrons. The van der Waals surface area contributed by atoms with Gasteiger partial charge in [0, 0.05) is 31.4 Å². The van der Waals surface area contributed by atoms with Crippen molar-refractivity contribution in [1.29, 1.82) is 0 Å². The zero-order chi connectivity index (χ0) is 22.8. The number of carbonyl (C=O) groups is 1. The van der Waals surface area contributed by atoms with Crippen molar-refractivity contribution < 1.29 is 9.53 Å². The van der Waals surface area contributed by atoms with Crippen molar-refractivity contribution in [2.75, 3.05) is 26.2 Å². The number of benzene rings is 2. The summed E-state index contributed by atoms with van der Waals surface area (Å²) in [4.78, 5) is 28.4. The lowest BCUT2D eigenvalue weighted by atomic mass is 10.0. The summed E-state index contributed by atoms with van der Waals surface area (Å²) in [5.74, 6) is 0.883. The van der Waals surface area contributed by atoms with E-state index in [0.717, 1.165) is 30.8 Å². The van der Waals surface area contributed by atoms with Crippen LogP contribution < -0.4 is 15.5 Å². The molecule has 168 valence electrons. The van der Waals surface area contributed by atoms with Gasteiger partial charge in [-0.1, -0.05) is 11.6 Å². The monoisotopic (exact) mass is 453 g/mol. The maximum absolute atomic E-state index is 13.3. The zero-order valence-corrected chi connectivity index (χ0v) is 19.5. The van der Waals surface area contributed by atoms with Crippen molar-refractivity contribution in [2.45, 2.75) is 26.7 Å². The first kappa shape index (κ1) is 22.4. The maximum Gasteiger partial charge on any atom is 0.256 e. The number of carbonyl (C=O) groups excluding carboxylic acids is 1. The van der Waals surface area contributed by atoms with Gasteiger partial charge in [-0.2, -0.15) is 0 Å². The van der Waals surface area contributed by atoms with E-state index in [-0.39, 0.29) is 16.9 Å². The molecule has 0 unspecified atom stereocenters. The number of amides is 1. The lowest BCUT2D eigenvalue weighted by Gasteiger charge is -2.18. The molecular weight excluding hydrogens is 426 g/mol. The second-order valence-corrected chi connectivity index (χ2v) is 8.82. The van der Waals surface area contributed by atoms with Gasteiger partial charge in [0.25, 0.3) is 5.91 Å². The third-order valence-electron chi connectivity index (χ3n) is 6.12. The smallest absolute Gasteiger partial charge is 0.256 e. The number of halogens is 1. The van der Waals surface area contributed by atoms with Crippen molar-refractivity contribution in [3.05, 3.63) is 68.5 Å². The molecule has 1 fully saturated rings. The van der Waals surface area contributed by atoms with Crippen LogP contribution in [0.4, 0.5) is 0 Å². The van der Waals surface area contributed by atoms with E-state index in [1.165, 1.54) is 12.8 Å². The van der Waals surface area contributed by atoms with Crippen LogP contribution in [0.3, 0.4) is 0 Å². The second-order valence-electron chi connectivity index (χ2n) is 8.39. The second kappa shape index (κ2) is 9.35. The first-order valence-corrected chi connectivity index (χ1v) is 11.3. The highest BCUT2D eigenvalue weighted by Gasteiger charge is 2.20. The first-order valence-electron chi connectivity index (χ1n) is 10.9. The molecule has 0 bridgehead atoms. The molecule has 0 spiro atoms. The first-order chi connectivity index (χ1) is 15.3. The number of hydrogen-bond acceptors (Lipinski definition) is 4. The number of hydrogen-bond donors (Lipinski definition) is 1. The number of pyridine rings is 1. The van der Waals surface area contributed by atoms with Crippen molar-refractivity contribution >= 4 is 28.4 Å². The third kappa shape index (κ3) is 4.52. The fourth-order valence-corrected chi connectivity index (χ4v) is 4.32. The van der Waals surface area contributed by atoms with E-state index in [1.54, 1.807) is 35.0 Å². The molecule has 4 rings (SSSR count). The minimum absolute atomic E-state index is 0.141. The summed E-state index contributed by atoms with van der Waals surface area (Å²) >= 11 is 5.99. The van der Waals surface area contributed by atoms with Gasteiger partial charge < -0.3 is 19.5 Å². The van der Waals surface area contributed by atoms with Crippen molar-refractivity contribution in [2.24, 2.45) is 7.05 Å². The average molecular weight is 454 g/mol. The third-order valence-corrected chi connectivity index (χ3v) is 6.37. The molecule has 7 heteroatoms. The van der Waals surface area contributed by atoms with Gasteiger partial charge in [-0.3, -0.25) is 9.59 Å². The largest absolute Gasteiger partial charge is 0.455 e. The van der Waals surface area contributed by atoms with Crippen molar-refractivity contribution in [3.63, 3.8) is 0 Å². The Labute approximate surface area is 192 Å². The van der Waals surface area contributed by atoms with Crippen molar-refractivity contribution in [3.8, 4) is 11.5 Å². The zero-order valence-electron chi connectivity index (χ0n) is 18.7. The van der Waals surface area contributed by atoms with Gasteiger partial charge in [0.1, 0.15) is 11.3 Å². The fourth-order valence-electron chi connectivity index (χ4n) is 4.19. The molecule has 6 nitrogen and oxygen atoms in total. The number of fused-ring (bicyclic) bond motifs is 1. The summed E-state index contributed by atoms with van der Waals surface area (Å²) in [6, 6.07) is 8.93. The Hall–Kier alpha value is -2.83. The fraction of sp³-hybridized carbons (Fsp3) is 0.360. The summed E-state index contributed by atoms with van der Waals surface area (Å²) < 4.78 is 7.99. The lowest BCUT2D eigenvalue weighted by Crippen LogP contribution is -2.35. The van der Waals surface area contributed by atoms with Gasteiger partial charge in [0.15, 0.2) is 5.75 Å². The van der Waals surface area contributed by atoms with Gasteiger partial charge in [0.2, 0.25) is 5.43 Å². The van der Waals surface area contributed by atoms with Gasteiger partial charge in [-0.25, -0.2) is 0 Å². The standard InChI is InChI=1S/C25H28ClN3O3/c1-16-14-20-22(24(17(16)2)32-19-8-6-18(26)7-9-19)28(3)15-21(23(20)30)25(31)27-10-13-29-11-4-5-12-29/h6-9,14-15H,4-5,10-13H2,1-3H3,(H,27,31). The molecule has 2 heterocycles. The Bertz CT molecular complexity index is 1210. The molecule has 1 amide bonds. The van der Waals surface area contributed by atoms with Crippen LogP contribution in [0.1, 0.15) is 34.3 Å². The van der Waals surface area contributed by atoms with E-state index in [1.807, 2.05) is 27.0 Å². The Morgan fingerprint density at radius 3 is 2.53 bits per heavy atom. The molecule has 1 aliphatic rings. The van der Waals surface area contributed by atoms with E-state index < -0.39 is 0 Å². The average Bonchev–Trinajstić information content (AvgIpc) is 3.28. The Morgan fingerprint density at radius 2 is 1.84 bits per heavy atom. The highest BCUT2D eigenvalue weighted by atomic mass is 35.5. The lowest BCUT2D eigenvalue weighted by molar-refractivity contribution is 0.0948. The quantitative estimate of drug-likeness (QED) is 0.599. The normalized spacial score (nSPS) is 14.1. The maximum atomic E-state index is 13.3. The summed E-state index contributed by atoms with van der Waals surface area (Å²) in [6.45, 7) is 7.37. The Morgan fingerprint density at radius 1 is 1.16 bits per heavy atom. The number of aromatic nitrogens is 1. The number of nitrogens with zero attached hydrogens (tertiary/aromatic N) is 2. The topological polar surface area (TPSA) is 63.6 Å². The molecule has 2 aromatic carbocycles. The predicted molar refractivity (Wildman–Crippen MR) is 128 cm³/mol. The molecule has 1 aromatic heterocycles. The van der Waals surface area contributed by atoms with E-state index in [2.05, 4.69) is 10.2 Å². The van der Waals surface area contributed by atoms with Crippen molar-refractivity contribution in [1.82, 2.24) is 14.8 Å². The van der Waals surface area contributed by atoms with Crippen LogP contribution in [0.2, 0.25) is 5.02 Å². The highest BCUT2D eigenvalue weighted by molar-refractivity contribution is 6.30. The molecule has 0 atom stereocenters. The number of rotatable bonds is 6. The van der Waals surface area contributed by atoms with Crippen LogP contribution in [0.5, 0.6) is 11.5 Å². The number of nitrogens with one attached hydrogen (secondary N) is 1. The molecule has 3 aromatic rings. The number of aryl methyl sites for hydroxylation is 2. The minimum Gasteiger partial charge on any atom is -0.455 e.